The van der Waals surface area contributed by atoms with Crippen LogP contribution in [0, 0.1) is 6.92 Å². The van der Waals surface area contributed by atoms with E-state index in [2.05, 4.69) is 46.3 Å². The first-order chi connectivity index (χ1) is 10.1. The minimum absolute atomic E-state index is 0.0984. The van der Waals surface area contributed by atoms with Gasteiger partial charge in [0.15, 0.2) is 0 Å². The highest BCUT2D eigenvalue weighted by Gasteiger charge is 2.08. The van der Waals surface area contributed by atoms with E-state index in [-0.39, 0.29) is 5.95 Å². The molecule has 3 aromatic rings. The van der Waals surface area contributed by atoms with Gasteiger partial charge in [-0.3, -0.25) is 0 Å². The first-order valence-corrected chi connectivity index (χ1v) is 6.81. The molecular weight excluding hydrogens is 336 g/mol. The molecule has 0 spiro atoms. The van der Waals surface area contributed by atoms with Crippen molar-refractivity contribution >= 4 is 33.5 Å². The Balaban J connectivity index is 1.95. The van der Waals surface area contributed by atoms with Crippen LogP contribution in [-0.4, -0.2) is 29.7 Å². The van der Waals surface area contributed by atoms with Gasteiger partial charge in [-0.1, -0.05) is 6.07 Å². The predicted molar refractivity (Wildman–Crippen MR) is 81.3 cm³/mol. The van der Waals surface area contributed by atoms with Crippen molar-refractivity contribution in [2.24, 2.45) is 0 Å². The van der Waals surface area contributed by atoms with Crippen molar-refractivity contribution in [1.29, 1.82) is 0 Å². The molecule has 0 fully saturated rings. The van der Waals surface area contributed by atoms with Gasteiger partial charge in [0, 0.05) is 4.47 Å². The summed E-state index contributed by atoms with van der Waals surface area (Å²) in [7, 11) is 0. The standard InChI is InChI=1S/C12H11BrN8/c1-7-2-3-9(8(13)4-7)17-11-18-10(14)19-12(20-11)21-6-15-5-16-21/h2-6H,1H3,(H3,14,17,18,19,20). The monoisotopic (exact) mass is 346 g/mol. The van der Waals surface area contributed by atoms with Crippen molar-refractivity contribution in [3.8, 4) is 5.95 Å². The summed E-state index contributed by atoms with van der Waals surface area (Å²) in [6.45, 7) is 2.01. The van der Waals surface area contributed by atoms with Crippen molar-refractivity contribution in [2.75, 3.05) is 11.1 Å². The smallest absolute Gasteiger partial charge is 0.258 e. The van der Waals surface area contributed by atoms with Crippen LogP contribution < -0.4 is 11.1 Å². The number of nitrogen functional groups attached to an aromatic ring is 1. The molecule has 1 aromatic carbocycles. The Morgan fingerprint density at radius 1 is 1.24 bits per heavy atom. The number of aryl methyl sites for hydroxylation is 1. The Labute approximate surface area is 128 Å². The Kier molecular flexibility index (Phi) is 3.48. The number of rotatable bonds is 3. The maximum atomic E-state index is 5.71. The molecule has 0 aliphatic heterocycles. The molecule has 0 unspecified atom stereocenters. The minimum atomic E-state index is 0.0984. The fraction of sp³-hybridized carbons (Fsp3) is 0.0833. The van der Waals surface area contributed by atoms with Crippen LogP contribution in [0.25, 0.3) is 5.95 Å². The molecule has 0 bridgehead atoms. The molecule has 0 aliphatic carbocycles. The fourth-order valence-electron chi connectivity index (χ4n) is 1.69. The van der Waals surface area contributed by atoms with Crippen molar-refractivity contribution in [3.63, 3.8) is 0 Å². The van der Waals surface area contributed by atoms with Crippen LogP contribution in [0.2, 0.25) is 0 Å². The van der Waals surface area contributed by atoms with Gasteiger partial charge in [-0.25, -0.2) is 4.98 Å². The van der Waals surface area contributed by atoms with Gasteiger partial charge < -0.3 is 11.1 Å². The summed E-state index contributed by atoms with van der Waals surface area (Å²) in [6, 6.07) is 5.90. The Bertz CT molecular complexity index is 771. The summed E-state index contributed by atoms with van der Waals surface area (Å²) < 4.78 is 2.32. The minimum Gasteiger partial charge on any atom is -0.368 e. The first kappa shape index (κ1) is 13.4. The SMILES string of the molecule is Cc1ccc(Nc2nc(N)nc(-n3cncn3)n2)c(Br)c1. The topological polar surface area (TPSA) is 107 Å². The second kappa shape index (κ2) is 5.44. The molecular formula is C12H11BrN8. The number of nitrogens with zero attached hydrogens (tertiary/aromatic N) is 6. The average Bonchev–Trinajstić information content (AvgIpc) is 2.95. The van der Waals surface area contributed by atoms with E-state index >= 15 is 0 Å². The van der Waals surface area contributed by atoms with Crippen LogP contribution >= 0.6 is 15.9 Å². The van der Waals surface area contributed by atoms with Gasteiger partial charge in [-0.15, -0.1) is 0 Å². The summed E-state index contributed by atoms with van der Waals surface area (Å²) in [6.07, 6.45) is 2.88. The van der Waals surface area contributed by atoms with Crippen molar-refractivity contribution in [3.05, 3.63) is 40.9 Å². The second-order valence-electron chi connectivity index (χ2n) is 4.27. The highest BCUT2D eigenvalue weighted by molar-refractivity contribution is 9.10. The molecule has 0 aliphatic rings. The molecule has 8 nitrogen and oxygen atoms in total. The molecule has 0 amide bonds. The van der Waals surface area contributed by atoms with Crippen LogP contribution in [0.15, 0.2) is 35.3 Å². The van der Waals surface area contributed by atoms with E-state index in [4.69, 9.17) is 5.73 Å². The van der Waals surface area contributed by atoms with Crippen LogP contribution in [0.1, 0.15) is 5.56 Å². The van der Waals surface area contributed by atoms with E-state index in [1.54, 1.807) is 0 Å². The van der Waals surface area contributed by atoms with E-state index in [1.165, 1.54) is 17.3 Å². The summed E-state index contributed by atoms with van der Waals surface area (Å²) in [5, 5.41) is 7.06. The summed E-state index contributed by atoms with van der Waals surface area (Å²) in [5.41, 5.74) is 7.68. The zero-order chi connectivity index (χ0) is 14.8. The van der Waals surface area contributed by atoms with E-state index in [0.717, 1.165) is 15.7 Å². The quantitative estimate of drug-likeness (QED) is 0.744. The third kappa shape index (κ3) is 2.97. The van der Waals surface area contributed by atoms with E-state index < -0.39 is 0 Å². The lowest BCUT2D eigenvalue weighted by Crippen LogP contribution is -2.09. The van der Waals surface area contributed by atoms with Gasteiger partial charge >= 0.3 is 0 Å². The highest BCUT2D eigenvalue weighted by Crippen LogP contribution is 2.25. The largest absolute Gasteiger partial charge is 0.368 e. The molecule has 3 rings (SSSR count). The molecule has 2 aromatic heterocycles. The lowest BCUT2D eigenvalue weighted by Gasteiger charge is -2.09. The molecule has 106 valence electrons. The van der Waals surface area contributed by atoms with Crippen LogP contribution in [0.4, 0.5) is 17.6 Å². The summed E-state index contributed by atoms with van der Waals surface area (Å²) in [4.78, 5) is 16.2. The number of anilines is 3. The number of aromatic nitrogens is 6. The average molecular weight is 347 g/mol. The van der Waals surface area contributed by atoms with E-state index in [0.29, 0.717) is 11.9 Å². The number of hydrogen-bond donors (Lipinski definition) is 2. The number of benzene rings is 1. The van der Waals surface area contributed by atoms with Crippen LogP contribution in [-0.2, 0) is 0 Å². The zero-order valence-corrected chi connectivity index (χ0v) is 12.6. The van der Waals surface area contributed by atoms with Gasteiger partial charge in [0.25, 0.3) is 5.95 Å². The summed E-state index contributed by atoms with van der Waals surface area (Å²) in [5.74, 6) is 0.726. The molecule has 2 heterocycles. The number of nitrogens with one attached hydrogen (secondary N) is 1. The number of halogens is 1. The molecule has 9 heteroatoms. The van der Waals surface area contributed by atoms with E-state index in [9.17, 15) is 0 Å². The Hall–Kier alpha value is -2.55. The van der Waals surface area contributed by atoms with Crippen LogP contribution in [0.5, 0.6) is 0 Å². The molecule has 0 atom stereocenters. The first-order valence-electron chi connectivity index (χ1n) is 6.01. The van der Waals surface area contributed by atoms with Gasteiger partial charge in [0.1, 0.15) is 12.7 Å². The molecule has 0 radical (unpaired) electrons. The fourth-order valence-corrected chi connectivity index (χ4v) is 2.28. The zero-order valence-electron chi connectivity index (χ0n) is 11.0. The predicted octanol–water partition coefficient (Wildman–Crippen LogP) is 1.85. The van der Waals surface area contributed by atoms with Crippen LogP contribution in [0.3, 0.4) is 0 Å². The molecule has 0 saturated carbocycles. The number of hydrogen-bond acceptors (Lipinski definition) is 7. The van der Waals surface area contributed by atoms with Gasteiger partial charge in [-0.2, -0.15) is 24.7 Å². The van der Waals surface area contributed by atoms with Gasteiger partial charge in [0.05, 0.1) is 5.69 Å². The lowest BCUT2D eigenvalue weighted by atomic mass is 10.2. The van der Waals surface area contributed by atoms with E-state index in [1.807, 2.05) is 25.1 Å². The van der Waals surface area contributed by atoms with Gasteiger partial charge in [0.2, 0.25) is 11.9 Å². The lowest BCUT2D eigenvalue weighted by molar-refractivity contribution is 0.800. The molecule has 3 N–H and O–H groups in total. The Morgan fingerprint density at radius 2 is 2.10 bits per heavy atom. The highest BCUT2D eigenvalue weighted by atomic mass is 79.9. The maximum absolute atomic E-state index is 5.71. The summed E-state index contributed by atoms with van der Waals surface area (Å²) >= 11 is 3.49. The molecule has 0 saturated heterocycles. The second-order valence-corrected chi connectivity index (χ2v) is 5.12. The molecule has 21 heavy (non-hydrogen) atoms. The third-order valence-corrected chi connectivity index (χ3v) is 3.29. The van der Waals surface area contributed by atoms with Crippen molar-refractivity contribution < 1.29 is 0 Å². The van der Waals surface area contributed by atoms with Crippen molar-refractivity contribution in [1.82, 2.24) is 29.7 Å². The Morgan fingerprint density at radius 3 is 2.81 bits per heavy atom. The number of nitrogens with two attached hydrogens (primary N) is 1. The third-order valence-electron chi connectivity index (χ3n) is 2.64. The van der Waals surface area contributed by atoms with Gasteiger partial charge in [-0.05, 0) is 40.5 Å². The normalized spacial score (nSPS) is 10.6. The van der Waals surface area contributed by atoms with Crippen molar-refractivity contribution in [2.45, 2.75) is 6.92 Å². The maximum Gasteiger partial charge on any atom is 0.258 e.